The van der Waals surface area contributed by atoms with Gasteiger partial charge in [0, 0.05) is 5.56 Å². The maximum absolute atomic E-state index is 13.0. The van der Waals surface area contributed by atoms with Crippen LogP contribution in [0.15, 0.2) is 66.7 Å². The molecule has 1 saturated heterocycles. The molecule has 0 unspecified atom stereocenters. The van der Waals surface area contributed by atoms with Crippen molar-refractivity contribution in [1.82, 2.24) is 10.6 Å². The third-order valence-electron chi connectivity index (χ3n) is 4.40. The highest BCUT2D eigenvalue weighted by atomic mass is 19.1. The van der Waals surface area contributed by atoms with Gasteiger partial charge in [0.05, 0.1) is 0 Å². The van der Waals surface area contributed by atoms with Crippen LogP contribution < -0.4 is 10.6 Å². The van der Waals surface area contributed by atoms with Gasteiger partial charge in [-0.25, -0.2) is 8.78 Å². The largest absolute Gasteiger partial charge is 0.323 e. The molecule has 0 aromatic heterocycles. The van der Waals surface area contributed by atoms with E-state index in [9.17, 15) is 13.6 Å². The van der Waals surface area contributed by atoms with Crippen molar-refractivity contribution in [3.05, 3.63) is 83.9 Å². The lowest BCUT2D eigenvalue weighted by atomic mass is 9.96. The average molecular weight is 411 g/mol. The second-order valence-electron chi connectivity index (χ2n) is 6.93. The Morgan fingerprint density at radius 3 is 1.43 bits per heavy atom. The number of rotatable bonds is 3. The Labute approximate surface area is 177 Å². The molecule has 0 radical (unpaired) electrons. The molecule has 4 rings (SSSR count). The lowest BCUT2D eigenvalue weighted by Crippen LogP contribution is -2.03. The Morgan fingerprint density at radius 1 is 0.733 bits per heavy atom. The molecule has 3 aromatic carbocycles. The van der Waals surface area contributed by atoms with Gasteiger partial charge in [-0.15, -0.1) is 0 Å². The zero-order chi connectivity index (χ0) is 21.8. The first-order chi connectivity index (χ1) is 14.6. The van der Waals surface area contributed by atoms with Crippen LogP contribution >= 0.6 is 0 Å². The number of hydrogen-bond donors (Lipinski definition) is 2. The molecule has 1 fully saturated rings. The lowest BCUT2D eigenvalue weighted by Gasteiger charge is -2.08. The van der Waals surface area contributed by atoms with Crippen molar-refractivity contribution in [2.75, 3.05) is 27.2 Å². The van der Waals surface area contributed by atoms with Crippen LogP contribution in [0, 0.1) is 11.6 Å². The third kappa shape index (κ3) is 7.50. The minimum Gasteiger partial charge on any atom is -0.323 e. The first-order valence-electron chi connectivity index (χ1n) is 9.98. The first kappa shape index (κ1) is 23.4. The first-order valence-corrected chi connectivity index (χ1v) is 9.98. The van der Waals surface area contributed by atoms with Crippen LogP contribution in [0.3, 0.4) is 0 Å². The van der Waals surface area contributed by atoms with E-state index in [0.717, 1.165) is 28.5 Å². The summed E-state index contributed by atoms with van der Waals surface area (Å²) in [5.74, 6) is -0.622. The summed E-state index contributed by atoms with van der Waals surface area (Å²) in [7, 11) is 3.75. The Balaban J connectivity index is 0.000000338. The quantitative estimate of drug-likeness (QED) is 0.575. The maximum Gasteiger partial charge on any atom is 0.150 e. The molecule has 30 heavy (non-hydrogen) atoms. The summed E-state index contributed by atoms with van der Waals surface area (Å²) in [6.45, 7) is 2.50. The Bertz CT molecular complexity index is 834. The molecule has 0 aliphatic carbocycles. The topological polar surface area (TPSA) is 41.1 Å². The minimum atomic E-state index is -0.311. The van der Waals surface area contributed by atoms with E-state index >= 15 is 0 Å². The van der Waals surface area contributed by atoms with Gasteiger partial charge in [-0.3, -0.25) is 4.79 Å². The van der Waals surface area contributed by atoms with Crippen LogP contribution in [0.1, 0.15) is 23.2 Å². The molecule has 0 spiro atoms. The summed E-state index contributed by atoms with van der Waals surface area (Å²) in [5.41, 5.74) is 3.76. The molecule has 0 saturated carbocycles. The number of carbonyl (C=O) groups excluding carboxylic acids is 1. The molecule has 3 aromatic rings. The number of halogens is 2. The molecule has 0 amide bonds. The molecular weight excluding hydrogens is 382 g/mol. The predicted octanol–water partition coefficient (Wildman–Crippen LogP) is 5.32. The van der Waals surface area contributed by atoms with Gasteiger partial charge < -0.3 is 10.6 Å². The molecule has 158 valence electrons. The smallest absolute Gasteiger partial charge is 0.150 e. The van der Waals surface area contributed by atoms with Crippen molar-refractivity contribution in [2.24, 2.45) is 0 Å². The van der Waals surface area contributed by atoms with Gasteiger partial charge in [0.2, 0.25) is 0 Å². The van der Waals surface area contributed by atoms with E-state index in [-0.39, 0.29) is 11.6 Å². The summed E-state index contributed by atoms with van der Waals surface area (Å²) in [4.78, 5) is 11.2. The average Bonchev–Trinajstić information content (AvgIpc) is 3.35. The van der Waals surface area contributed by atoms with Crippen LogP contribution in [0.4, 0.5) is 8.78 Å². The van der Waals surface area contributed by atoms with Crippen LogP contribution in [-0.4, -0.2) is 33.5 Å². The fourth-order valence-electron chi connectivity index (χ4n) is 2.96. The number of aldehydes is 1. The van der Waals surface area contributed by atoms with Gasteiger partial charge in [0.1, 0.15) is 17.9 Å². The summed E-state index contributed by atoms with van der Waals surface area (Å²) in [5, 5.41) is 5.97. The number of nitrogens with one attached hydrogen (secondary N) is 2. The molecular formula is C25H28F2N2O. The molecule has 0 bridgehead atoms. The molecule has 1 aliphatic rings. The Hall–Kier alpha value is -2.89. The number of benzene rings is 3. The van der Waals surface area contributed by atoms with E-state index in [0.29, 0.717) is 5.56 Å². The highest BCUT2D eigenvalue weighted by Crippen LogP contribution is 2.28. The van der Waals surface area contributed by atoms with E-state index in [4.69, 9.17) is 0 Å². The Kier molecular flexibility index (Phi) is 9.84. The molecule has 1 aliphatic heterocycles. The zero-order valence-corrected chi connectivity index (χ0v) is 17.4. The standard InChI is InChI=1S/C19H12F2O.C4H9N.C2H7N/c20-18-5-1-14(2-6-18)16-9-13(12-22)10-17(11-16)15-3-7-19(21)8-4-15;1-2-4-5-3-1;1-3-2/h1-12H;5H,1-4H2;3H,1-2H3. The van der Waals surface area contributed by atoms with E-state index in [1.807, 2.05) is 20.2 Å². The molecule has 0 atom stereocenters. The molecule has 2 N–H and O–H groups in total. The van der Waals surface area contributed by atoms with E-state index in [1.165, 1.54) is 50.2 Å². The van der Waals surface area contributed by atoms with Crippen molar-refractivity contribution in [3.8, 4) is 22.3 Å². The molecule has 1 heterocycles. The van der Waals surface area contributed by atoms with Crippen LogP contribution in [0.25, 0.3) is 22.3 Å². The molecule has 5 heteroatoms. The van der Waals surface area contributed by atoms with Gasteiger partial charge in [-0.2, -0.15) is 0 Å². The van der Waals surface area contributed by atoms with Crippen LogP contribution in [0.2, 0.25) is 0 Å². The normalized spacial score (nSPS) is 12.3. The summed E-state index contributed by atoms with van der Waals surface area (Å²) >= 11 is 0. The second-order valence-corrected chi connectivity index (χ2v) is 6.93. The van der Waals surface area contributed by atoms with Crippen LogP contribution in [-0.2, 0) is 0 Å². The van der Waals surface area contributed by atoms with Gasteiger partial charge in [-0.05, 0) is 105 Å². The van der Waals surface area contributed by atoms with E-state index in [1.54, 1.807) is 36.4 Å². The summed E-state index contributed by atoms with van der Waals surface area (Å²) < 4.78 is 26.1. The minimum absolute atomic E-state index is 0.311. The van der Waals surface area contributed by atoms with E-state index < -0.39 is 0 Å². The summed E-state index contributed by atoms with van der Waals surface area (Å²) in [6, 6.07) is 17.5. The second kappa shape index (κ2) is 12.6. The van der Waals surface area contributed by atoms with Crippen molar-refractivity contribution in [2.45, 2.75) is 12.8 Å². The predicted molar refractivity (Wildman–Crippen MR) is 120 cm³/mol. The lowest BCUT2D eigenvalue weighted by molar-refractivity contribution is 0.112. The number of hydrogen-bond acceptors (Lipinski definition) is 3. The van der Waals surface area contributed by atoms with Crippen molar-refractivity contribution < 1.29 is 13.6 Å². The third-order valence-corrected chi connectivity index (χ3v) is 4.40. The highest BCUT2D eigenvalue weighted by molar-refractivity contribution is 5.84. The van der Waals surface area contributed by atoms with Crippen LogP contribution in [0.5, 0.6) is 0 Å². The monoisotopic (exact) mass is 410 g/mol. The summed E-state index contributed by atoms with van der Waals surface area (Å²) in [6.07, 6.45) is 3.54. The van der Waals surface area contributed by atoms with Gasteiger partial charge in [-0.1, -0.05) is 24.3 Å². The zero-order valence-electron chi connectivity index (χ0n) is 17.4. The highest BCUT2D eigenvalue weighted by Gasteiger charge is 2.06. The fraction of sp³-hybridized carbons (Fsp3) is 0.240. The van der Waals surface area contributed by atoms with E-state index in [2.05, 4.69) is 10.6 Å². The maximum atomic E-state index is 13.0. The molecule has 3 nitrogen and oxygen atoms in total. The van der Waals surface area contributed by atoms with Gasteiger partial charge in [0.25, 0.3) is 0 Å². The van der Waals surface area contributed by atoms with Gasteiger partial charge >= 0.3 is 0 Å². The van der Waals surface area contributed by atoms with Crippen molar-refractivity contribution >= 4 is 6.29 Å². The van der Waals surface area contributed by atoms with Crippen molar-refractivity contribution in [1.29, 1.82) is 0 Å². The SMILES string of the molecule is C1CCNC1.CNC.O=Cc1cc(-c2ccc(F)cc2)cc(-c2ccc(F)cc2)c1. The van der Waals surface area contributed by atoms with Crippen molar-refractivity contribution in [3.63, 3.8) is 0 Å². The number of carbonyl (C=O) groups is 1. The Morgan fingerprint density at radius 2 is 1.13 bits per heavy atom. The fourth-order valence-corrected chi connectivity index (χ4v) is 2.96. The van der Waals surface area contributed by atoms with Gasteiger partial charge in [0.15, 0.2) is 0 Å².